The molecule has 0 amide bonds. The van der Waals surface area contributed by atoms with Gasteiger partial charge in [-0.15, -0.1) is 0 Å². The monoisotopic (exact) mass is 211 g/mol. The first-order valence-corrected chi connectivity index (χ1v) is 6.35. The summed E-state index contributed by atoms with van der Waals surface area (Å²) in [4.78, 5) is 5.22. The summed E-state index contributed by atoms with van der Waals surface area (Å²) in [7, 11) is 2.26. The van der Waals surface area contributed by atoms with E-state index in [0.29, 0.717) is 6.04 Å². The molecule has 0 bridgehead atoms. The summed E-state index contributed by atoms with van der Waals surface area (Å²) in [6.45, 7) is 6.95. The quantitative estimate of drug-likeness (QED) is 0.748. The Bertz CT molecular complexity index is 203. The average Bonchev–Trinajstić information content (AvgIpc) is 2.97. The van der Waals surface area contributed by atoms with E-state index in [1.165, 1.54) is 32.5 Å². The number of hydrogen-bond donors (Lipinski definition) is 1. The van der Waals surface area contributed by atoms with Gasteiger partial charge in [-0.3, -0.25) is 4.90 Å². The molecular weight excluding hydrogens is 186 g/mol. The van der Waals surface area contributed by atoms with Crippen molar-refractivity contribution in [2.45, 2.75) is 38.3 Å². The highest BCUT2D eigenvalue weighted by molar-refractivity contribution is 4.90. The van der Waals surface area contributed by atoms with Crippen molar-refractivity contribution in [1.82, 2.24) is 9.80 Å². The summed E-state index contributed by atoms with van der Waals surface area (Å²) in [5.74, 6) is 0.804. The van der Waals surface area contributed by atoms with Crippen molar-refractivity contribution in [3.63, 3.8) is 0 Å². The van der Waals surface area contributed by atoms with Crippen molar-refractivity contribution < 1.29 is 0 Å². The van der Waals surface area contributed by atoms with Gasteiger partial charge in [-0.05, 0) is 38.8 Å². The molecule has 1 heterocycles. The Morgan fingerprint density at radius 2 is 1.93 bits per heavy atom. The molecule has 2 unspecified atom stereocenters. The van der Waals surface area contributed by atoms with Crippen LogP contribution in [0.15, 0.2) is 0 Å². The van der Waals surface area contributed by atoms with Gasteiger partial charge >= 0.3 is 0 Å². The Hall–Kier alpha value is -0.120. The lowest BCUT2D eigenvalue weighted by Gasteiger charge is -2.28. The molecular formula is C12H25N3. The first kappa shape index (κ1) is 11.4. The Morgan fingerprint density at radius 3 is 2.53 bits per heavy atom. The first-order chi connectivity index (χ1) is 7.20. The van der Waals surface area contributed by atoms with Gasteiger partial charge in [0.05, 0.1) is 0 Å². The number of rotatable bonds is 3. The Balaban J connectivity index is 1.97. The van der Waals surface area contributed by atoms with Crippen molar-refractivity contribution in [2.75, 3.05) is 33.2 Å². The maximum Gasteiger partial charge on any atom is 0.0232 e. The zero-order valence-electron chi connectivity index (χ0n) is 10.2. The van der Waals surface area contributed by atoms with Gasteiger partial charge in [-0.25, -0.2) is 0 Å². The van der Waals surface area contributed by atoms with E-state index in [-0.39, 0.29) is 0 Å². The van der Waals surface area contributed by atoms with Gasteiger partial charge in [0.2, 0.25) is 0 Å². The largest absolute Gasteiger partial charge is 0.330 e. The normalized spacial score (nSPS) is 35.4. The lowest BCUT2D eigenvalue weighted by atomic mass is 10.1. The van der Waals surface area contributed by atoms with Crippen LogP contribution in [0.3, 0.4) is 0 Å². The summed E-state index contributed by atoms with van der Waals surface area (Å²) in [5.41, 5.74) is 5.70. The molecule has 2 atom stereocenters. The minimum atomic E-state index is 0.681. The highest BCUT2D eigenvalue weighted by atomic mass is 15.3. The number of hydrogen-bond acceptors (Lipinski definition) is 3. The Morgan fingerprint density at radius 1 is 1.20 bits per heavy atom. The molecule has 3 nitrogen and oxygen atoms in total. The highest BCUT2D eigenvalue weighted by Gasteiger charge is 2.34. The topological polar surface area (TPSA) is 32.5 Å². The van der Waals surface area contributed by atoms with Crippen LogP contribution in [0.25, 0.3) is 0 Å². The average molecular weight is 211 g/mol. The van der Waals surface area contributed by atoms with Crippen molar-refractivity contribution in [3.05, 3.63) is 0 Å². The predicted octanol–water partition coefficient (Wildman–Crippen LogP) is 0.750. The summed E-state index contributed by atoms with van der Waals surface area (Å²) in [6, 6.07) is 1.58. The van der Waals surface area contributed by atoms with Crippen LogP contribution in [0.1, 0.15) is 26.2 Å². The van der Waals surface area contributed by atoms with E-state index >= 15 is 0 Å². The minimum Gasteiger partial charge on any atom is -0.330 e. The van der Waals surface area contributed by atoms with E-state index in [2.05, 4.69) is 23.8 Å². The fourth-order valence-electron chi connectivity index (χ4n) is 2.83. The fraction of sp³-hybridized carbons (Fsp3) is 1.00. The molecule has 88 valence electrons. The molecule has 2 N–H and O–H groups in total. The van der Waals surface area contributed by atoms with Crippen LogP contribution in [0.2, 0.25) is 0 Å². The highest BCUT2D eigenvalue weighted by Crippen LogP contribution is 2.29. The van der Waals surface area contributed by atoms with Crippen LogP contribution in [0, 0.1) is 5.92 Å². The van der Waals surface area contributed by atoms with Crippen molar-refractivity contribution in [1.29, 1.82) is 0 Å². The molecule has 0 radical (unpaired) electrons. The SMILES string of the molecule is CC1CN(C)C(CCN)CN(C2CC2)C1. The molecule has 0 spiro atoms. The molecule has 0 aromatic carbocycles. The predicted molar refractivity (Wildman–Crippen MR) is 63.8 cm³/mol. The first-order valence-electron chi connectivity index (χ1n) is 6.35. The van der Waals surface area contributed by atoms with E-state index in [4.69, 9.17) is 5.73 Å². The third kappa shape index (κ3) is 2.92. The molecule has 3 heteroatoms. The second-order valence-electron chi connectivity index (χ2n) is 5.46. The molecule has 1 aliphatic carbocycles. The molecule has 2 rings (SSSR count). The van der Waals surface area contributed by atoms with Gasteiger partial charge in [0, 0.05) is 31.7 Å². The number of nitrogens with two attached hydrogens (primary N) is 1. The smallest absolute Gasteiger partial charge is 0.0232 e. The van der Waals surface area contributed by atoms with Crippen molar-refractivity contribution >= 4 is 0 Å². The molecule has 0 aromatic heterocycles. The third-order valence-electron chi connectivity index (χ3n) is 3.78. The van der Waals surface area contributed by atoms with E-state index in [0.717, 1.165) is 24.9 Å². The summed E-state index contributed by atoms with van der Waals surface area (Å²) < 4.78 is 0. The second kappa shape index (κ2) is 4.81. The van der Waals surface area contributed by atoms with Crippen LogP contribution in [-0.2, 0) is 0 Å². The molecule has 1 aliphatic heterocycles. The van der Waals surface area contributed by atoms with Gasteiger partial charge in [0.25, 0.3) is 0 Å². The summed E-state index contributed by atoms with van der Waals surface area (Å²) >= 11 is 0. The van der Waals surface area contributed by atoms with Gasteiger partial charge in [0.1, 0.15) is 0 Å². The van der Waals surface area contributed by atoms with E-state index in [1.54, 1.807) is 0 Å². The fourth-order valence-corrected chi connectivity index (χ4v) is 2.83. The van der Waals surface area contributed by atoms with Gasteiger partial charge in [-0.2, -0.15) is 0 Å². The van der Waals surface area contributed by atoms with Crippen molar-refractivity contribution in [3.8, 4) is 0 Å². The van der Waals surface area contributed by atoms with Crippen LogP contribution in [-0.4, -0.2) is 55.1 Å². The molecule has 2 fully saturated rings. The Labute approximate surface area is 93.6 Å². The molecule has 15 heavy (non-hydrogen) atoms. The zero-order valence-corrected chi connectivity index (χ0v) is 10.2. The van der Waals surface area contributed by atoms with E-state index < -0.39 is 0 Å². The molecule has 1 saturated carbocycles. The van der Waals surface area contributed by atoms with Gasteiger partial charge in [0.15, 0.2) is 0 Å². The summed E-state index contributed by atoms with van der Waals surface area (Å²) in [5, 5.41) is 0. The van der Waals surface area contributed by atoms with Crippen LogP contribution >= 0.6 is 0 Å². The summed E-state index contributed by atoms with van der Waals surface area (Å²) in [6.07, 6.45) is 3.99. The maximum absolute atomic E-state index is 5.70. The molecule has 1 saturated heterocycles. The van der Waals surface area contributed by atoms with Gasteiger partial charge < -0.3 is 10.6 Å². The number of nitrogens with zero attached hydrogens (tertiary/aromatic N) is 2. The Kier molecular flexibility index (Phi) is 3.65. The van der Waals surface area contributed by atoms with Crippen LogP contribution in [0.4, 0.5) is 0 Å². The lowest BCUT2D eigenvalue weighted by Crippen LogP contribution is -2.40. The zero-order chi connectivity index (χ0) is 10.8. The molecule has 0 aromatic rings. The lowest BCUT2D eigenvalue weighted by molar-refractivity contribution is 0.195. The second-order valence-corrected chi connectivity index (χ2v) is 5.46. The minimum absolute atomic E-state index is 0.681. The van der Waals surface area contributed by atoms with Gasteiger partial charge in [-0.1, -0.05) is 6.92 Å². The third-order valence-corrected chi connectivity index (χ3v) is 3.78. The van der Waals surface area contributed by atoms with E-state index in [1.807, 2.05) is 0 Å². The van der Waals surface area contributed by atoms with E-state index in [9.17, 15) is 0 Å². The maximum atomic E-state index is 5.70. The van der Waals surface area contributed by atoms with Crippen LogP contribution < -0.4 is 5.73 Å². The van der Waals surface area contributed by atoms with Crippen molar-refractivity contribution in [2.24, 2.45) is 11.7 Å². The standard InChI is InChI=1S/C12H25N3/c1-10-7-14(2)12(5-6-13)9-15(8-10)11-3-4-11/h10-12H,3-9,13H2,1-2H3. The van der Waals surface area contributed by atoms with Crippen LogP contribution in [0.5, 0.6) is 0 Å². The molecule has 2 aliphatic rings. The number of likely N-dealkylation sites (N-methyl/N-ethyl adjacent to an activating group) is 1.